The first-order chi connectivity index (χ1) is 4.13. The van der Waals surface area contributed by atoms with Gasteiger partial charge in [-0.3, -0.25) is 0 Å². The summed E-state index contributed by atoms with van der Waals surface area (Å²) in [4.78, 5) is 0. The number of rotatable bonds is 0. The fraction of sp³-hybridized carbons (Fsp3) is 1.00. The number of morpholine rings is 1. The Kier molecular flexibility index (Phi) is 1.78. The van der Waals surface area contributed by atoms with Crippen molar-refractivity contribution in [1.29, 1.82) is 0 Å². The number of hydrogen-bond donors (Lipinski definition) is 1. The van der Waals surface area contributed by atoms with Crippen LogP contribution in [-0.4, -0.2) is 24.8 Å². The first-order valence-corrected chi connectivity index (χ1v) is 3.49. The van der Waals surface area contributed by atoms with Crippen molar-refractivity contribution in [2.24, 2.45) is 0 Å². The first-order valence-electron chi connectivity index (χ1n) is 3.49. The van der Waals surface area contributed by atoms with Crippen LogP contribution >= 0.6 is 0 Å². The summed E-state index contributed by atoms with van der Waals surface area (Å²) >= 11 is 0. The molecule has 1 heterocycles. The molecule has 0 unspecified atom stereocenters. The van der Waals surface area contributed by atoms with Gasteiger partial charge in [-0.2, -0.15) is 0 Å². The molecule has 1 atom stereocenters. The van der Waals surface area contributed by atoms with Crippen LogP contribution in [0.4, 0.5) is 0 Å². The summed E-state index contributed by atoms with van der Waals surface area (Å²) in [6.07, 6.45) is 0.339. The standard InChI is InChI=1S/C7H15NO/c1-6-7(2,3)8-4-5-9-6/h6,8H,4-5H2,1-3H3/t6-/m1/s1. The smallest absolute Gasteiger partial charge is 0.0723 e. The third-order valence-corrected chi connectivity index (χ3v) is 2.07. The van der Waals surface area contributed by atoms with E-state index in [0.29, 0.717) is 6.10 Å². The number of hydrogen-bond acceptors (Lipinski definition) is 2. The Labute approximate surface area is 56.6 Å². The van der Waals surface area contributed by atoms with Gasteiger partial charge in [0.05, 0.1) is 12.7 Å². The Balaban J connectivity index is 2.49. The van der Waals surface area contributed by atoms with Crippen LogP contribution in [0.25, 0.3) is 0 Å². The Bertz CT molecular complexity index is 101. The molecule has 1 fully saturated rings. The maximum Gasteiger partial charge on any atom is 0.0723 e. The third-order valence-electron chi connectivity index (χ3n) is 2.07. The van der Waals surface area contributed by atoms with Crippen molar-refractivity contribution < 1.29 is 4.74 Å². The van der Waals surface area contributed by atoms with Crippen molar-refractivity contribution in [3.63, 3.8) is 0 Å². The van der Waals surface area contributed by atoms with Crippen molar-refractivity contribution in [3.8, 4) is 0 Å². The summed E-state index contributed by atoms with van der Waals surface area (Å²) in [6, 6.07) is 0. The maximum atomic E-state index is 5.43. The van der Waals surface area contributed by atoms with E-state index in [-0.39, 0.29) is 5.54 Å². The van der Waals surface area contributed by atoms with Crippen LogP contribution in [0, 0.1) is 0 Å². The maximum absolute atomic E-state index is 5.43. The van der Waals surface area contributed by atoms with E-state index in [9.17, 15) is 0 Å². The molecule has 0 aromatic heterocycles. The highest BCUT2D eigenvalue weighted by Crippen LogP contribution is 2.14. The van der Waals surface area contributed by atoms with Gasteiger partial charge in [-0.25, -0.2) is 0 Å². The molecule has 9 heavy (non-hydrogen) atoms. The van der Waals surface area contributed by atoms with E-state index in [2.05, 4.69) is 26.1 Å². The van der Waals surface area contributed by atoms with E-state index in [1.54, 1.807) is 0 Å². The molecule has 0 radical (unpaired) electrons. The molecule has 0 amide bonds. The molecule has 2 nitrogen and oxygen atoms in total. The molecule has 54 valence electrons. The Morgan fingerprint density at radius 3 is 2.56 bits per heavy atom. The summed E-state index contributed by atoms with van der Waals surface area (Å²) in [5, 5.41) is 3.38. The quantitative estimate of drug-likeness (QED) is 0.521. The second-order valence-electron chi connectivity index (χ2n) is 3.16. The van der Waals surface area contributed by atoms with Gasteiger partial charge < -0.3 is 10.1 Å². The van der Waals surface area contributed by atoms with Crippen molar-refractivity contribution in [3.05, 3.63) is 0 Å². The van der Waals surface area contributed by atoms with Gasteiger partial charge in [-0.15, -0.1) is 0 Å². The minimum absolute atomic E-state index is 0.165. The number of ether oxygens (including phenoxy) is 1. The third kappa shape index (κ3) is 1.43. The summed E-state index contributed by atoms with van der Waals surface area (Å²) in [5.41, 5.74) is 0.165. The van der Waals surface area contributed by atoms with Gasteiger partial charge in [0.25, 0.3) is 0 Å². The van der Waals surface area contributed by atoms with E-state index < -0.39 is 0 Å². The molecule has 1 aliphatic heterocycles. The van der Waals surface area contributed by atoms with Gasteiger partial charge in [0.2, 0.25) is 0 Å². The SMILES string of the molecule is C[C@H]1OCCNC1(C)C. The fourth-order valence-electron chi connectivity index (χ4n) is 0.961. The van der Waals surface area contributed by atoms with E-state index in [0.717, 1.165) is 13.2 Å². The fourth-order valence-corrected chi connectivity index (χ4v) is 0.961. The van der Waals surface area contributed by atoms with Crippen molar-refractivity contribution in [1.82, 2.24) is 5.32 Å². The minimum Gasteiger partial charge on any atom is -0.375 e. The lowest BCUT2D eigenvalue weighted by Crippen LogP contribution is -2.54. The van der Waals surface area contributed by atoms with Crippen LogP contribution in [0.2, 0.25) is 0 Å². The van der Waals surface area contributed by atoms with Crippen LogP contribution in [-0.2, 0) is 4.74 Å². The topological polar surface area (TPSA) is 21.3 Å². The molecule has 0 aliphatic carbocycles. The highest BCUT2D eigenvalue weighted by atomic mass is 16.5. The van der Waals surface area contributed by atoms with Gasteiger partial charge in [-0.05, 0) is 20.8 Å². The summed E-state index contributed by atoms with van der Waals surface area (Å²) in [7, 11) is 0. The van der Waals surface area contributed by atoms with E-state index in [1.165, 1.54) is 0 Å². The highest BCUT2D eigenvalue weighted by molar-refractivity contribution is 4.86. The minimum atomic E-state index is 0.165. The van der Waals surface area contributed by atoms with Crippen LogP contribution in [0.15, 0.2) is 0 Å². The molecule has 0 aromatic rings. The zero-order valence-corrected chi connectivity index (χ0v) is 6.40. The predicted molar refractivity (Wildman–Crippen MR) is 37.5 cm³/mol. The van der Waals surface area contributed by atoms with Crippen LogP contribution < -0.4 is 5.32 Å². The van der Waals surface area contributed by atoms with Gasteiger partial charge in [0, 0.05) is 12.1 Å². The van der Waals surface area contributed by atoms with E-state index >= 15 is 0 Å². The molecule has 1 N–H and O–H groups in total. The predicted octanol–water partition coefficient (Wildman–Crippen LogP) is 0.773. The van der Waals surface area contributed by atoms with Crippen molar-refractivity contribution in [2.75, 3.05) is 13.2 Å². The molecule has 0 bridgehead atoms. The van der Waals surface area contributed by atoms with Crippen LogP contribution in [0.1, 0.15) is 20.8 Å². The van der Waals surface area contributed by atoms with Crippen molar-refractivity contribution >= 4 is 0 Å². The average molecular weight is 129 g/mol. The highest BCUT2D eigenvalue weighted by Gasteiger charge is 2.28. The molecule has 2 heteroatoms. The molecule has 1 saturated heterocycles. The molecule has 0 saturated carbocycles. The molecular weight excluding hydrogens is 114 g/mol. The molecule has 1 aliphatic rings. The normalized spacial score (nSPS) is 34.3. The summed E-state index contributed by atoms with van der Waals surface area (Å²) in [5.74, 6) is 0. The Hall–Kier alpha value is -0.0800. The lowest BCUT2D eigenvalue weighted by molar-refractivity contribution is -0.0248. The molecule has 0 spiro atoms. The second kappa shape index (κ2) is 2.27. The zero-order chi connectivity index (χ0) is 6.91. The number of nitrogens with one attached hydrogen (secondary N) is 1. The lowest BCUT2D eigenvalue weighted by Gasteiger charge is -2.37. The van der Waals surface area contributed by atoms with Gasteiger partial charge in [0.15, 0.2) is 0 Å². The van der Waals surface area contributed by atoms with Crippen LogP contribution in [0.3, 0.4) is 0 Å². The monoisotopic (exact) mass is 129 g/mol. The van der Waals surface area contributed by atoms with E-state index in [4.69, 9.17) is 4.74 Å². The second-order valence-corrected chi connectivity index (χ2v) is 3.16. The summed E-state index contributed by atoms with van der Waals surface area (Å²) in [6.45, 7) is 8.27. The van der Waals surface area contributed by atoms with Gasteiger partial charge >= 0.3 is 0 Å². The molecule has 1 rings (SSSR count). The van der Waals surface area contributed by atoms with Gasteiger partial charge in [-0.1, -0.05) is 0 Å². The first kappa shape index (κ1) is 7.03. The van der Waals surface area contributed by atoms with Crippen LogP contribution in [0.5, 0.6) is 0 Å². The summed E-state index contributed by atoms with van der Waals surface area (Å²) < 4.78 is 5.43. The Morgan fingerprint density at radius 1 is 1.56 bits per heavy atom. The Morgan fingerprint density at radius 2 is 2.22 bits per heavy atom. The van der Waals surface area contributed by atoms with Crippen molar-refractivity contribution in [2.45, 2.75) is 32.4 Å². The van der Waals surface area contributed by atoms with Gasteiger partial charge in [0.1, 0.15) is 0 Å². The lowest BCUT2D eigenvalue weighted by atomic mass is 9.97. The van der Waals surface area contributed by atoms with E-state index in [1.807, 2.05) is 0 Å². The molecular formula is C7H15NO. The average Bonchev–Trinajstić information content (AvgIpc) is 1.77. The largest absolute Gasteiger partial charge is 0.375 e. The molecule has 0 aromatic carbocycles. The zero-order valence-electron chi connectivity index (χ0n) is 6.40.